The monoisotopic (exact) mass is 699 g/mol. The Hall–Kier alpha value is -6.20. The van der Waals surface area contributed by atoms with Crippen molar-refractivity contribution in [3.8, 4) is 22.3 Å². The summed E-state index contributed by atoms with van der Waals surface area (Å²) in [5, 5.41) is 7.45. The number of benzene rings is 8. The molecule has 0 amide bonds. The molecule has 0 aliphatic carbocycles. The predicted molar refractivity (Wildman–Crippen MR) is 225 cm³/mol. The molecule has 0 N–H and O–H groups in total. The molecule has 0 radical (unpaired) electrons. The van der Waals surface area contributed by atoms with E-state index in [1.165, 1.54) is 51.6 Å². The van der Waals surface area contributed by atoms with Gasteiger partial charge in [0.2, 0.25) is 0 Å². The number of rotatable bonds is 5. The highest BCUT2D eigenvalue weighted by Gasteiger charge is 2.20. The average molecular weight is 700 g/mol. The van der Waals surface area contributed by atoms with E-state index in [2.05, 4.69) is 175 Å². The van der Waals surface area contributed by atoms with Gasteiger partial charge in [-0.05, 0) is 77.4 Å². The van der Waals surface area contributed by atoms with Gasteiger partial charge >= 0.3 is 0 Å². The molecule has 0 unspecified atom stereocenters. The van der Waals surface area contributed by atoms with Crippen LogP contribution in [0.5, 0.6) is 0 Å². The smallest absolute Gasteiger partial charge is 0.143 e. The van der Waals surface area contributed by atoms with Gasteiger partial charge in [-0.25, -0.2) is 0 Å². The summed E-state index contributed by atoms with van der Waals surface area (Å²) >= 11 is 3.72. The summed E-state index contributed by atoms with van der Waals surface area (Å²) in [6.07, 6.45) is 0. The van der Waals surface area contributed by atoms with Gasteiger partial charge < -0.3 is 9.32 Å². The fraction of sp³-hybridized carbons (Fsp3) is 0. The van der Waals surface area contributed by atoms with E-state index in [1.54, 1.807) is 0 Å². The van der Waals surface area contributed by atoms with Crippen LogP contribution in [0.4, 0.5) is 17.1 Å². The average Bonchev–Trinajstić information content (AvgIpc) is 3.90. The van der Waals surface area contributed by atoms with Gasteiger partial charge in [0.1, 0.15) is 11.2 Å². The molecule has 11 aromatic rings. The topological polar surface area (TPSA) is 16.4 Å². The molecule has 8 aromatic carbocycles. The van der Waals surface area contributed by atoms with E-state index in [-0.39, 0.29) is 0 Å². The van der Waals surface area contributed by atoms with Crippen LogP contribution in [-0.2, 0) is 0 Å². The Bertz CT molecular complexity index is 3130. The van der Waals surface area contributed by atoms with Crippen molar-refractivity contribution in [1.29, 1.82) is 0 Å². The predicted octanol–water partition coefficient (Wildman–Crippen LogP) is 15.1. The maximum atomic E-state index is 6.48. The van der Waals surface area contributed by atoms with E-state index in [1.807, 2.05) is 28.7 Å². The minimum atomic E-state index is 0.901. The lowest BCUT2D eigenvalue weighted by atomic mass is 10.00. The third-order valence-electron chi connectivity index (χ3n) is 10.3. The molecular weight excluding hydrogens is 671 g/mol. The molecule has 3 aromatic heterocycles. The van der Waals surface area contributed by atoms with Gasteiger partial charge in [-0.1, -0.05) is 115 Å². The lowest BCUT2D eigenvalue weighted by molar-refractivity contribution is 0.670. The number of fused-ring (bicyclic) bond motifs is 9. The lowest BCUT2D eigenvalue weighted by Crippen LogP contribution is -2.10. The second-order valence-corrected chi connectivity index (χ2v) is 15.4. The first-order valence-corrected chi connectivity index (χ1v) is 19.1. The van der Waals surface area contributed by atoms with Gasteiger partial charge in [-0.3, -0.25) is 0 Å². The quantitative estimate of drug-likeness (QED) is 0.178. The van der Waals surface area contributed by atoms with Crippen molar-refractivity contribution in [2.45, 2.75) is 0 Å². The van der Waals surface area contributed by atoms with Crippen molar-refractivity contribution >= 4 is 102 Å². The molecule has 0 spiro atoms. The van der Waals surface area contributed by atoms with Crippen LogP contribution in [0.25, 0.3) is 84.5 Å². The molecule has 0 saturated heterocycles. The molecule has 0 saturated carbocycles. The van der Waals surface area contributed by atoms with E-state index in [4.69, 9.17) is 4.42 Å². The standard InChI is InChI=1S/C48H29NOS2/c1-2-10-31(11-3-1)35-14-8-15-38-40-28-32(22-26-43(40)50-47(35)38)30-20-23-33(24-21-30)49(34-25-27-46-41(29-34)37-13-5-6-18-44(37)51-46)42-17-9-16-39-36-12-4-7-19-45(36)52-48(39)42/h1-29H. The number of nitrogens with zero attached hydrogens (tertiary/aromatic N) is 1. The Kier molecular flexibility index (Phi) is 6.63. The molecule has 244 valence electrons. The molecule has 3 heterocycles. The van der Waals surface area contributed by atoms with Crippen molar-refractivity contribution in [3.63, 3.8) is 0 Å². The molecule has 4 heteroatoms. The Morgan fingerprint density at radius 2 is 1.04 bits per heavy atom. The number of para-hydroxylation sites is 1. The van der Waals surface area contributed by atoms with E-state index in [0.717, 1.165) is 50.0 Å². The largest absolute Gasteiger partial charge is 0.455 e. The molecule has 0 aliphatic rings. The number of hydrogen-bond donors (Lipinski definition) is 0. The summed E-state index contributed by atoms with van der Waals surface area (Å²) in [5.74, 6) is 0. The van der Waals surface area contributed by atoms with Crippen molar-refractivity contribution in [2.75, 3.05) is 4.90 Å². The van der Waals surface area contributed by atoms with Crippen molar-refractivity contribution in [1.82, 2.24) is 0 Å². The normalized spacial score (nSPS) is 11.8. The van der Waals surface area contributed by atoms with E-state index in [0.29, 0.717) is 0 Å². The number of furan rings is 1. The summed E-state index contributed by atoms with van der Waals surface area (Å²) < 4.78 is 11.7. The zero-order valence-corrected chi connectivity index (χ0v) is 29.5. The highest BCUT2D eigenvalue weighted by atomic mass is 32.1. The zero-order valence-electron chi connectivity index (χ0n) is 27.9. The van der Waals surface area contributed by atoms with Crippen LogP contribution in [0.2, 0.25) is 0 Å². The highest BCUT2D eigenvalue weighted by molar-refractivity contribution is 7.26. The fourth-order valence-corrected chi connectivity index (χ4v) is 10.1. The number of anilines is 3. The van der Waals surface area contributed by atoms with Crippen LogP contribution in [0.15, 0.2) is 180 Å². The minimum absolute atomic E-state index is 0.901. The summed E-state index contributed by atoms with van der Waals surface area (Å²) in [7, 11) is 0. The van der Waals surface area contributed by atoms with Gasteiger partial charge in [-0.15, -0.1) is 22.7 Å². The molecule has 2 nitrogen and oxygen atoms in total. The first kappa shape index (κ1) is 29.5. The van der Waals surface area contributed by atoms with Gasteiger partial charge in [0.05, 0.1) is 10.4 Å². The van der Waals surface area contributed by atoms with E-state index >= 15 is 0 Å². The van der Waals surface area contributed by atoms with Crippen LogP contribution < -0.4 is 4.90 Å². The van der Waals surface area contributed by atoms with Gasteiger partial charge in [0.25, 0.3) is 0 Å². The SMILES string of the molecule is c1ccc(-c2cccc3c2oc2ccc(-c4ccc(N(c5ccc6sc7ccccc7c6c5)c5cccc6c5sc5ccccc56)cc4)cc23)cc1. The molecule has 0 bridgehead atoms. The summed E-state index contributed by atoms with van der Waals surface area (Å²) in [6.45, 7) is 0. The summed E-state index contributed by atoms with van der Waals surface area (Å²) in [4.78, 5) is 2.44. The maximum absolute atomic E-state index is 6.48. The molecular formula is C48H29NOS2. The van der Waals surface area contributed by atoms with Crippen LogP contribution in [0, 0.1) is 0 Å². The van der Waals surface area contributed by atoms with Crippen molar-refractivity contribution in [2.24, 2.45) is 0 Å². The summed E-state index contributed by atoms with van der Waals surface area (Å²) in [5.41, 5.74) is 9.88. The molecule has 0 fully saturated rings. The van der Waals surface area contributed by atoms with Gasteiger partial charge in [0.15, 0.2) is 0 Å². The lowest BCUT2D eigenvalue weighted by Gasteiger charge is -2.26. The van der Waals surface area contributed by atoms with Crippen LogP contribution in [0.3, 0.4) is 0 Å². The Morgan fingerprint density at radius 3 is 1.88 bits per heavy atom. The van der Waals surface area contributed by atoms with Crippen molar-refractivity contribution < 1.29 is 4.42 Å². The van der Waals surface area contributed by atoms with Gasteiger partial charge in [-0.2, -0.15) is 0 Å². The molecule has 11 rings (SSSR count). The molecule has 0 atom stereocenters. The molecule has 52 heavy (non-hydrogen) atoms. The first-order valence-electron chi connectivity index (χ1n) is 17.5. The van der Waals surface area contributed by atoms with E-state index in [9.17, 15) is 0 Å². The first-order chi connectivity index (χ1) is 25.8. The van der Waals surface area contributed by atoms with Crippen molar-refractivity contribution in [3.05, 3.63) is 176 Å². The van der Waals surface area contributed by atoms with E-state index < -0.39 is 0 Å². The third kappa shape index (κ3) is 4.62. The highest BCUT2D eigenvalue weighted by Crippen LogP contribution is 2.47. The van der Waals surface area contributed by atoms with Gasteiger partial charge in [0, 0.05) is 63.4 Å². The molecule has 0 aliphatic heterocycles. The Morgan fingerprint density at radius 1 is 0.385 bits per heavy atom. The summed E-state index contributed by atoms with van der Waals surface area (Å²) in [6, 6.07) is 63.7. The zero-order chi connectivity index (χ0) is 34.2. The minimum Gasteiger partial charge on any atom is -0.455 e. The third-order valence-corrected chi connectivity index (χ3v) is 12.6. The Labute approximate surface area is 308 Å². The fourth-order valence-electron chi connectivity index (χ4n) is 7.81. The number of thiophene rings is 2. The second kappa shape index (κ2) is 11.7. The van der Waals surface area contributed by atoms with Crippen LogP contribution in [0.1, 0.15) is 0 Å². The van der Waals surface area contributed by atoms with Crippen LogP contribution >= 0.6 is 22.7 Å². The second-order valence-electron chi connectivity index (χ2n) is 13.3. The number of hydrogen-bond acceptors (Lipinski definition) is 4. The Balaban J connectivity index is 1.06. The maximum Gasteiger partial charge on any atom is 0.143 e. The van der Waals surface area contributed by atoms with Crippen LogP contribution in [-0.4, -0.2) is 0 Å².